The molecule has 10 heteroatoms. The fourth-order valence-corrected chi connectivity index (χ4v) is 3.59. The van der Waals surface area contributed by atoms with Crippen molar-refractivity contribution in [3.8, 4) is 11.4 Å². The molecule has 3 heterocycles. The third kappa shape index (κ3) is 4.73. The van der Waals surface area contributed by atoms with Crippen molar-refractivity contribution >= 4 is 17.6 Å². The molecule has 9 nitrogen and oxygen atoms in total. The zero-order valence-electron chi connectivity index (χ0n) is 16.2. The Morgan fingerprint density at radius 2 is 2.10 bits per heavy atom. The Morgan fingerprint density at radius 3 is 2.79 bits per heavy atom. The van der Waals surface area contributed by atoms with Gasteiger partial charge in [-0.25, -0.2) is 4.98 Å². The molecule has 0 unspecified atom stereocenters. The Bertz CT molecular complexity index is 930. The van der Waals surface area contributed by atoms with Crippen LogP contribution >= 0.6 is 11.6 Å². The van der Waals surface area contributed by atoms with E-state index >= 15 is 0 Å². The molecular formula is C19H23ClN8O. The standard InChI is InChI=1S/C19H23ClN8O/c1-21-19(28-10-7-14(8-11-28)17-23-12-24-26-17)22-9-6-16-25-18(27-29-16)13-2-4-15(20)5-3-13/h2-5,12,14H,6-11H2,1H3,(H,21,22)(H,23,24,26). The molecule has 152 valence electrons. The van der Waals surface area contributed by atoms with Crippen LogP contribution < -0.4 is 5.32 Å². The van der Waals surface area contributed by atoms with Crippen LogP contribution in [0.4, 0.5) is 0 Å². The average Bonchev–Trinajstić information content (AvgIpc) is 3.45. The molecule has 3 aromatic rings. The molecule has 1 fully saturated rings. The van der Waals surface area contributed by atoms with Gasteiger partial charge >= 0.3 is 0 Å². The Kier molecular flexibility index (Phi) is 6.04. The van der Waals surface area contributed by atoms with Gasteiger partial charge in [0.05, 0.1) is 0 Å². The van der Waals surface area contributed by atoms with Crippen molar-refractivity contribution in [1.29, 1.82) is 0 Å². The first-order valence-corrected chi connectivity index (χ1v) is 10.00. The van der Waals surface area contributed by atoms with Gasteiger partial charge < -0.3 is 14.7 Å². The fraction of sp³-hybridized carbons (Fsp3) is 0.421. The van der Waals surface area contributed by atoms with E-state index in [9.17, 15) is 0 Å². The van der Waals surface area contributed by atoms with Crippen LogP contribution in [0, 0.1) is 0 Å². The van der Waals surface area contributed by atoms with Gasteiger partial charge in [-0.1, -0.05) is 16.8 Å². The number of likely N-dealkylation sites (tertiary alicyclic amines) is 1. The van der Waals surface area contributed by atoms with Crippen LogP contribution in [0.25, 0.3) is 11.4 Å². The maximum atomic E-state index is 5.92. The van der Waals surface area contributed by atoms with Crippen LogP contribution in [0.3, 0.4) is 0 Å². The molecule has 0 saturated carbocycles. The van der Waals surface area contributed by atoms with Gasteiger partial charge in [-0.15, -0.1) is 0 Å². The Labute approximate surface area is 173 Å². The second-order valence-electron chi connectivity index (χ2n) is 6.87. The third-order valence-electron chi connectivity index (χ3n) is 5.02. The minimum absolute atomic E-state index is 0.427. The van der Waals surface area contributed by atoms with E-state index in [0.717, 1.165) is 43.3 Å². The van der Waals surface area contributed by atoms with Crippen molar-refractivity contribution in [2.24, 2.45) is 4.99 Å². The van der Waals surface area contributed by atoms with Gasteiger partial charge in [0.2, 0.25) is 11.7 Å². The van der Waals surface area contributed by atoms with Crippen LogP contribution in [0.15, 0.2) is 40.1 Å². The molecule has 1 saturated heterocycles. The number of nitrogens with zero attached hydrogens (tertiary/aromatic N) is 6. The highest BCUT2D eigenvalue weighted by molar-refractivity contribution is 6.30. The predicted octanol–water partition coefficient (Wildman–Crippen LogP) is 2.51. The van der Waals surface area contributed by atoms with E-state index in [-0.39, 0.29) is 0 Å². The largest absolute Gasteiger partial charge is 0.356 e. The number of benzene rings is 1. The Balaban J connectivity index is 1.26. The summed E-state index contributed by atoms with van der Waals surface area (Å²) in [5.74, 6) is 3.44. The molecule has 0 bridgehead atoms. The number of piperidine rings is 1. The van der Waals surface area contributed by atoms with Crippen LogP contribution in [0.2, 0.25) is 5.02 Å². The molecule has 0 atom stereocenters. The van der Waals surface area contributed by atoms with Crippen LogP contribution in [0.1, 0.15) is 30.5 Å². The van der Waals surface area contributed by atoms with Crippen LogP contribution in [-0.2, 0) is 6.42 Å². The lowest BCUT2D eigenvalue weighted by atomic mass is 9.96. The van der Waals surface area contributed by atoms with Gasteiger partial charge in [-0.05, 0) is 37.1 Å². The van der Waals surface area contributed by atoms with Gasteiger partial charge in [0.15, 0.2) is 5.96 Å². The molecule has 1 aromatic carbocycles. The minimum atomic E-state index is 0.427. The fourth-order valence-electron chi connectivity index (χ4n) is 3.46. The molecule has 0 spiro atoms. The summed E-state index contributed by atoms with van der Waals surface area (Å²) in [4.78, 5) is 15.4. The van der Waals surface area contributed by atoms with Gasteiger partial charge in [0.25, 0.3) is 0 Å². The van der Waals surface area contributed by atoms with E-state index in [2.05, 4.69) is 40.5 Å². The summed E-state index contributed by atoms with van der Waals surface area (Å²) in [6, 6.07) is 7.37. The van der Waals surface area contributed by atoms with Gasteiger partial charge in [0.1, 0.15) is 12.2 Å². The second-order valence-corrected chi connectivity index (χ2v) is 7.31. The van der Waals surface area contributed by atoms with Crippen LogP contribution in [0.5, 0.6) is 0 Å². The minimum Gasteiger partial charge on any atom is -0.356 e. The van der Waals surface area contributed by atoms with E-state index in [1.54, 1.807) is 13.4 Å². The summed E-state index contributed by atoms with van der Waals surface area (Å²) in [7, 11) is 1.80. The maximum Gasteiger partial charge on any atom is 0.228 e. The first kappa shape index (κ1) is 19.4. The lowest BCUT2D eigenvalue weighted by molar-refractivity contribution is 0.298. The zero-order chi connectivity index (χ0) is 20.1. The Morgan fingerprint density at radius 1 is 1.31 bits per heavy atom. The van der Waals surface area contributed by atoms with E-state index in [1.807, 2.05) is 24.3 Å². The molecule has 0 aliphatic carbocycles. The highest BCUT2D eigenvalue weighted by Gasteiger charge is 2.24. The third-order valence-corrected chi connectivity index (χ3v) is 5.27. The number of halogens is 1. The van der Waals surface area contributed by atoms with Crippen molar-refractivity contribution in [1.82, 2.24) is 35.5 Å². The average molecular weight is 415 g/mol. The summed E-state index contributed by atoms with van der Waals surface area (Å²) in [6.45, 7) is 2.51. The second kappa shape index (κ2) is 9.04. The summed E-state index contributed by atoms with van der Waals surface area (Å²) in [5, 5.41) is 15.0. The summed E-state index contributed by atoms with van der Waals surface area (Å²) in [6.07, 6.45) is 4.22. The number of aliphatic imine (C=N–C) groups is 1. The molecule has 2 aromatic heterocycles. The molecule has 1 aliphatic heterocycles. The molecular weight excluding hydrogens is 392 g/mol. The van der Waals surface area contributed by atoms with Crippen molar-refractivity contribution in [3.63, 3.8) is 0 Å². The maximum absolute atomic E-state index is 5.92. The summed E-state index contributed by atoms with van der Waals surface area (Å²) >= 11 is 5.92. The molecule has 0 radical (unpaired) electrons. The first-order valence-electron chi connectivity index (χ1n) is 9.62. The lowest BCUT2D eigenvalue weighted by Crippen LogP contribution is -2.45. The molecule has 29 heavy (non-hydrogen) atoms. The topological polar surface area (TPSA) is 108 Å². The van der Waals surface area contributed by atoms with E-state index in [1.165, 1.54) is 0 Å². The monoisotopic (exact) mass is 414 g/mol. The van der Waals surface area contributed by atoms with Gasteiger partial charge in [-0.2, -0.15) is 10.1 Å². The highest BCUT2D eigenvalue weighted by Crippen LogP contribution is 2.25. The zero-order valence-corrected chi connectivity index (χ0v) is 16.9. The van der Waals surface area contributed by atoms with Crippen molar-refractivity contribution < 1.29 is 4.52 Å². The number of nitrogens with one attached hydrogen (secondary N) is 2. The number of guanidine groups is 1. The Hall–Kier alpha value is -2.94. The molecule has 1 aliphatic rings. The lowest BCUT2D eigenvalue weighted by Gasteiger charge is -2.33. The van der Waals surface area contributed by atoms with Crippen molar-refractivity contribution in [2.75, 3.05) is 26.7 Å². The highest BCUT2D eigenvalue weighted by atomic mass is 35.5. The first-order chi connectivity index (χ1) is 14.2. The number of H-pyrrole nitrogens is 1. The molecule has 4 rings (SSSR count). The number of aromatic nitrogens is 5. The molecule has 0 amide bonds. The van der Waals surface area contributed by atoms with Crippen molar-refractivity contribution in [2.45, 2.75) is 25.2 Å². The number of aromatic amines is 1. The van der Waals surface area contributed by atoms with Crippen LogP contribution in [-0.4, -0.2) is 62.9 Å². The van der Waals surface area contributed by atoms with E-state index in [4.69, 9.17) is 16.1 Å². The van der Waals surface area contributed by atoms with Gasteiger partial charge in [0, 0.05) is 49.6 Å². The molecule has 2 N–H and O–H groups in total. The smallest absolute Gasteiger partial charge is 0.228 e. The summed E-state index contributed by atoms with van der Waals surface area (Å²) in [5.41, 5.74) is 0.878. The number of hydrogen-bond acceptors (Lipinski definition) is 6. The van der Waals surface area contributed by atoms with E-state index < -0.39 is 0 Å². The summed E-state index contributed by atoms with van der Waals surface area (Å²) < 4.78 is 5.36. The quantitative estimate of drug-likeness (QED) is 0.487. The SMILES string of the molecule is CN=C(NCCc1nc(-c2ccc(Cl)cc2)no1)N1CCC(c2ncn[nH]2)CC1. The number of rotatable bonds is 5. The van der Waals surface area contributed by atoms with Crippen molar-refractivity contribution in [3.05, 3.63) is 47.3 Å². The normalized spacial score (nSPS) is 15.7. The van der Waals surface area contributed by atoms with Gasteiger partial charge in [-0.3, -0.25) is 10.1 Å². The number of hydrogen-bond donors (Lipinski definition) is 2. The predicted molar refractivity (Wildman–Crippen MR) is 110 cm³/mol. The van der Waals surface area contributed by atoms with E-state index in [0.29, 0.717) is 35.6 Å².